The molecular formula is C12H11F4N3OS. The van der Waals surface area contributed by atoms with Crippen LogP contribution in [0.15, 0.2) is 23.4 Å². The molecule has 0 amide bonds. The second-order valence-corrected chi connectivity index (χ2v) is 5.14. The highest BCUT2D eigenvalue weighted by Crippen LogP contribution is 2.26. The van der Waals surface area contributed by atoms with Crippen molar-refractivity contribution >= 4 is 11.8 Å². The summed E-state index contributed by atoms with van der Waals surface area (Å²) in [5.41, 5.74) is 0.455. The number of thioether (sulfide) groups is 1. The van der Waals surface area contributed by atoms with Gasteiger partial charge in [-0.3, -0.25) is 0 Å². The first kappa shape index (κ1) is 15.8. The number of rotatable bonds is 4. The number of aromatic nitrogens is 3. The fraction of sp³-hybridized carbons (Fsp3) is 0.333. The number of aliphatic hydroxyl groups is 1. The van der Waals surface area contributed by atoms with E-state index in [1.807, 2.05) is 0 Å². The van der Waals surface area contributed by atoms with Crippen LogP contribution in [0, 0.1) is 12.7 Å². The van der Waals surface area contributed by atoms with Gasteiger partial charge in [0.25, 0.3) is 0 Å². The molecule has 1 heterocycles. The Morgan fingerprint density at radius 2 is 2.05 bits per heavy atom. The topological polar surface area (TPSA) is 50.9 Å². The normalized spacial score (nSPS) is 11.9. The fourth-order valence-corrected chi connectivity index (χ4v) is 2.25. The van der Waals surface area contributed by atoms with Crippen molar-refractivity contribution in [3.05, 3.63) is 35.4 Å². The summed E-state index contributed by atoms with van der Waals surface area (Å²) in [5.74, 6) is -1.47. The molecule has 0 unspecified atom stereocenters. The van der Waals surface area contributed by atoms with Crippen LogP contribution in [0.25, 0.3) is 5.69 Å². The summed E-state index contributed by atoms with van der Waals surface area (Å²) in [5, 5.41) is 12.7. The van der Waals surface area contributed by atoms with Gasteiger partial charge in [-0.1, -0.05) is 17.8 Å². The van der Waals surface area contributed by atoms with Gasteiger partial charge in [0.15, 0.2) is 0 Å². The summed E-state index contributed by atoms with van der Waals surface area (Å²) in [6, 6.07) is 4.03. The summed E-state index contributed by atoms with van der Waals surface area (Å²) < 4.78 is 51.5. The molecule has 1 aromatic heterocycles. The van der Waals surface area contributed by atoms with Crippen molar-refractivity contribution in [2.75, 3.05) is 5.75 Å². The average Bonchev–Trinajstić information content (AvgIpc) is 2.77. The molecule has 0 aliphatic rings. The zero-order valence-electron chi connectivity index (χ0n) is 10.9. The number of hydrogen-bond donors (Lipinski definition) is 1. The van der Waals surface area contributed by atoms with E-state index in [-0.39, 0.29) is 23.3 Å². The van der Waals surface area contributed by atoms with Crippen LogP contribution in [-0.2, 0) is 6.61 Å². The number of alkyl halides is 3. The molecular weight excluding hydrogens is 310 g/mol. The molecule has 0 radical (unpaired) electrons. The quantitative estimate of drug-likeness (QED) is 0.695. The smallest absolute Gasteiger partial charge is 0.392 e. The van der Waals surface area contributed by atoms with Crippen molar-refractivity contribution in [1.82, 2.24) is 14.8 Å². The maximum absolute atomic E-state index is 13.9. The van der Waals surface area contributed by atoms with Crippen molar-refractivity contribution in [3.63, 3.8) is 0 Å². The predicted molar refractivity (Wildman–Crippen MR) is 68.8 cm³/mol. The third kappa shape index (κ3) is 3.94. The first-order valence-corrected chi connectivity index (χ1v) is 6.81. The number of hydrogen-bond acceptors (Lipinski definition) is 4. The minimum absolute atomic E-state index is 0.0658. The van der Waals surface area contributed by atoms with Crippen LogP contribution in [0.1, 0.15) is 11.4 Å². The van der Waals surface area contributed by atoms with Crippen LogP contribution in [0.2, 0.25) is 0 Å². The van der Waals surface area contributed by atoms with Crippen LogP contribution in [0.4, 0.5) is 17.6 Å². The van der Waals surface area contributed by atoms with Gasteiger partial charge in [-0.05, 0) is 24.6 Å². The van der Waals surface area contributed by atoms with Crippen LogP contribution in [0.5, 0.6) is 0 Å². The first-order valence-electron chi connectivity index (χ1n) is 5.83. The van der Waals surface area contributed by atoms with E-state index in [0.29, 0.717) is 17.3 Å². The zero-order chi connectivity index (χ0) is 15.6. The number of nitrogens with zero attached hydrogens (tertiary/aromatic N) is 3. The largest absolute Gasteiger partial charge is 0.398 e. The van der Waals surface area contributed by atoms with E-state index in [2.05, 4.69) is 10.1 Å². The summed E-state index contributed by atoms with van der Waals surface area (Å²) in [7, 11) is 0. The van der Waals surface area contributed by atoms with Crippen LogP contribution >= 0.6 is 11.8 Å². The highest BCUT2D eigenvalue weighted by molar-refractivity contribution is 7.99. The summed E-state index contributed by atoms with van der Waals surface area (Å²) in [6.07, 6.45) is -4.32. The predicted octanol–water partition coefficient (Wildman–Crippen LogP) is 2.86. The molecule has 0 saturated carbocycles. The number of aliphatic hydroxyl groups excluding tert-OH is 1. The lowest BCUT2D eigenvalue weighted by Crippen LogP contribution is -2.10. The molecule has 2 aromatic rings. The minimum atomic E-state index is -4.32. The van der Waals surface area contributed by atoms with Crippen molar-refractivity contribution in [2.24, 2.45) is 0 Å². The molecule has 0 fully saturated rings. The van der Waals surface area contributed by atoms with E-state index in [1.54, 1.807) is 0 Å². The Kier molecular flexibility index (Phi) is 4.52. The van der Waals surface area contributed by atoms with Crippen LogP contribution in [0.3, 0.4) is 0 Å². The van der Waals surface area contributed by atoms with E-state index in [1.165, 1.54) is 19.1 Å². The molecule has 4 nitrogen and oxygen atoms in total. The number of halogens is 4. The van der Waals surface area contributed by atoms with E-state index in [9.17, 15) is 17.6 Å². The molecule has 0 spiro atoms. The number of aryl methyl sites for hydroxylation is 1. The molecule has 1 N–H and O–H groups in total. The van der Waals surface area contributed by atoms with Gasteiger partial charge >= 0.3 is 6.18 Å². The van der Waals surface area contributed by atoms with E-state index in [4.69, 9.17) is 5.11 Å². The lowest BCUT2D eigenvalue weighted by molar-refractivity contribution is -0.105. The molecule has 9 heteroatoms. The Morgan fingerprint density at radius 3 is 2.62 bits per heavy atom. The Morgan fingerprint density at radius 1 is 1.33 bits per heavy atom. The highest BCUT2D eigenvalue weighted by Gasteiger charge is 2.28. The molecule has 0 atom stereocenters. The second kappa shape index (κ2) is 6.02. The summed E-state index contributed by atoms with van der Waals surface area (Å²) in [4.78, 5) is 3.87. The third-order valence-corrected chi connectivity index (χ3v) is 3.44. The Bertz CT molecular complexity index is 642. The molecule has 0 aliphatic heterocycles. The number of benzene rings is 1. The van der Waals surface area contributed by atoms with Gasteiger partial charge in [-0.25, -0.2) is 14.1 Å². The third-order valence-electron chi connectivity index (χ3n) is 2.54. The van der Waals surface area contributed by atoms with Gasteiger partial charge in [0.2, 0.25) is 5.16 Å². The van der Waals surface area contributed by atoms with E-state index in [0.717, 1.165) is 10.7 Å². The molecule has 2 rings (SSSR count). The Hall–Kier alpha value is -1.61. The highest BCUT2D eigenvalue weighted by atomic mass is 32.2. The van der Waals surface area contributed by atoms with Crippen molar-refractivity contribution < 1.29 is 22.7 Å². The molecule has 0 aliphatic carbocycles. The van der Waals surface area contributed by atoms with Gasteiger partial charge in [-0.2, -0.15) is 13.2 Å². The van der Waals surface area contributed by atoms with Gasteiger partial charge < -0.3 is 5.11 Å². The Balaban J connectivity index is 2.27. The van der Waals surface area contributed by atoms with Gasteiger partial charge in [0.05, 0.1) is 12.4 Å². The zero-order valence-corrected chi connectivity index (χ0v) is 11.7. The van der Waals surface area contributed by atoms with Crippen LogP contribution in [-0.4, -0.2) is 31.8 Å². The molecule has 0 saturated heterocycles. The monoisotopic (exact) mass is 321 g/mol. The van der Waals surface area contributed by atoms with Gasteiger partial charge in [0.1, 0.15) is 17.3 Å². The SMILES string of the molecule is Cc1nc(SCC(F)(F)F)nn1-c1ccc(CO)cc1F. The lowest BCUT2D eigenvalue weighted by atomic mass is 10.2. The molecule has 21 heavy (non-hydrogen) atoms. The van der Waals surface area contributed by atoms with E-state index >= 15 is 0 Å². The minimum Gasteiger partial charge on any atom is -0.392 e. The Labute approximate surface area is 121 Å². The molecule has 1 aromatic carbocycles. The molecule has 114 valence electrons. The summed E-state index contributed by atoms with van der Waals surface area (Å²) >= 11 is 0.440. The van der Waals surface area contributed by atoms with Gasteiger partial charge in [0, 0.05) is 0 Å². The lowest BCUT2D eigenvalue weighted by Gasteiger charge is -2.06. The van der Waals surface area contributed by atoms with Gasteiger partial charge in [-0.15, -0.1) is 5.10 Å². The first-order chi connectivity index (χ1) is 9.80. The van der Waals surface area contributed by atoms with Crippen LogP contribution < -0.4 is 0 Å². The fourth-order valence-electron chi connectivity index (χ4n) is 1.62. The molecule has 0 bridgehead atoms. The van der Waals surface area contributed by atoms with Crippen molar-refractivity contribution in [3.8, 4) is 5.69 Å². The summed E-state index contributed by atoms with van der Waals surface area (Å²) in [6.45, 7) is 1.21. The van der Waals surface area contributed by atoms with Crippen molar-refractivity contribution in [2.45, 2.75) is 24.9 Å². The second-order valence-electron chi connectivity index (χ2n) is 4.20. The van der Waals surface area contributed by atoms with Crippen molar-refractivity contribution in [1.29, 1.82) is 0 Å². The maximum Gasteiger partial charge on any atom is 0.398 e. The average molecular weight is 321 g/mol. The standard InChI is InChI=1S/C12H11F4N3OS/c1-7-17-11(21-6-12(14,15)16)18-19(7)10-3-2-8(5-20)4-9(10)13/h2-4,20H,5-6H2,1H3. The van der Waals surface area contributed by atoms with E-state index < -0.39 is 17.7 Å². The maximum atomic E-state index is 13.9.